The number of carboxylic acid groups (broad SMARTS) is 1. The molecule has 0 aliphatic carbocycles. The summed E-state index contributed by atoms with van der Waals surface area (Å²) in [5.74, 6) is -3.20. The van der Waals surface area contributed by atoms with E-state index in [2.05, 4.69) is 93.7 Å². The van der Waals surface area contributed by atoms with Crippen LogP contribution in [0.3, 0.4) is 0 Å². The Kier molecular flexibility index (Phi) is 39.7. The first kappa shape index (κ1) is 61.2. The molecule has 67 heavy (non-hydrogen) atoms. The van der Waals surface area contributed by atoms with Crippen LogP contribution in [0.25, 0.3) is 0 Å². The van der Waals surface area contributed by atoms with Gasteiger partial charge in [0.15, 0.2) is 24.6 Å². The molecule has 1 heterocycles. The normalized spacial score (nSPS) is 19.4. The molecule has 3 N–H and O–H groups in total. The fourth-order valence-electron chi connectivity index (χ4n) is 7.22. The highest BCUT2D eigenvalue weighted by molar-refractivity contribution is 5.74. The van der Waals surface area contributed by atoms with Gasteiger partial charge < -0.3 is 39.0 Å². The van der Waals surface area contributed by atoms with Gasteiger partial charge in [0.25, 0.3) is 0 Å². The molecular formula is C55H90O12. The van der Waals surface area contributed by atoms with Gasteiger partial charge in [-0.05, 0) is 96.3 Å². The van der Waals surface area contributed by atoms with Crippen molar-refractivity contribution in [2.75, 3.05) is 13.2 Å². The molecule has 0 saturated carbocycles. The Labute approximate surface area is 404 Å². The molecule has 1 rings (SSSR count). The maximum absolute atomic E-state index is 13.1. The van der Waals surface area contributed by atoms with E-state index in [9.17, 15) is 34.5 Å². The summed E-state index contributed by atoms with van der Waals surface area (Å²) in [5.41, 5.74) is 0. The van der Waals surface area contributed by atoms with Crippen LogP contribution in [-0.4, -0.2) is 89.2 Å². The topological polar surface area (TPSA) is 175 Å². The summed E-state index contributed by atoms with van der Waals surface area (Å²) in [6, 6.07) is 0. The molecule has 12 heteroatoms. The average molecular weight is 943 g/mol. The van der Waals surface area contributed by atoms with Crippen molar-refractivity contribution >= 4 is 23.9 Å². The highest BCUT2D eigenvalue weighted by Crippen LogP contribution is 2.26. The zero-order valence-electron chi connectivity index (χ0n) is 41.6. The number of carbonyl (C=O) groups excluding carboxylic acids is 3. The lowest BCUT2D eigenvalue weighted by atomic mass is 9.98. The van der Waals surface area contributed by atoms with E-state index in [4.69, 9.17) is 23.7 Å². The molecule has 1 aliphatic rings. The molecule has 6 atom stereocenters. The monoisotopic (exact) mass is 943 g/mol. The Morgan fingerprint density at radius 2 is 0.970 bits per heavy atom. The number of carboxylic acids is 1. The van der Waals surface area contributed by atoms with Crippen LogP contribution in [0, 0.1) is 0 Å². The summed E-state index contributed by atoms with van der Waals surface area (Å²) < 4.78 is 28.2. The second kappa shape index (κ2) is 43.4. The standard InChI is InChI=1S/C55H90O12/c1-4-7-10-13-16-19-22-24-27-29-32-35-38-41-47(56)63-44-46(65-48(57)42-39-36-33-31-28-25-23-20-17-14-11-8-5-2)45-64-55-53(51(60)50(59)52(67-55)54(61)62)66-49(58)43-40-37-34-30-26-21-18-15-12-9-6-3/h7,10-11,14-16,18-20,23-24,27,46,50-53,55,59-60H,4-6,8-9,12-13,17,21-22,25-26,28-45H2,1-3H3,(H,61,62)/b10-7-,14-11-,18-15-,19-16-,23-20-,27-24-. The first-order valence-corrected chi connectivity index (χ1v) is 25.9. The molecule has 0 bridgehead atoms. The van der Waals surface area contributed by atoms with E-state index < -0.39 is 67.3 Å². The molecule has 0 aromatic heterocycles. The second-order valence-electron chi connectivity index (χ2n) is 17.4. The summed E-state index contributed by atoms with van der Waals surface area (Å²) in [7, 11) is 0. The summed E-state index contributed by atoms with van der Waals surface area (Å²) in [4.78, 5) is 50.8. The molecule has 0 radical (unpaired) electrons. The number of aliphatic carboxylic acids is 1. The Morgan fingerprint density at radius 3 is 1.52 bits per heavy atom. The number of hydrogen-bond donors (Lipinski definition) is 3. The van der Waals surface area contributed by atoms with Gasteiger partial charge in [-0.3, -0.25) is 14.4 Å². The van der Waals surface area contributed by atoms with Crippen molar-refractivity contribution in [3.63, 3.8) is 0 Å². The van der Waals surface area contributed by atoms with E-state index in [1.165, 1.54) is 12.8 Å². The van der Waals surface area contributed by atoms with Crippen LogP contribution in [0.5, 0.6) is 0 Å². The van der Waals surface area contributed by atoms with E-state index in [-0.39, 0.29) is 25.9 Å². The number of aliphatic hydroxyl groups is 2. The summed E-state index contributed by atoms with van der Waals surface area (Å²) >= 11 is 0. The van der Waals surface area contributed by atoms with Crippen LogP contribution < -0.4 is 0 Å². The van der Waals surface area contributed by atoms with E-state index >= 15 is 0 Å². The Bertz CT molecular complexity index is 1450. The van der Waals surface area contributed by atoms with Gasteiger partial charge in [0.1, 0.15) is 18.8 Å². The third-order valence-electron chi connectivity index (χ3n) is 11.2. The van der Waals surface area contributed by atoms with E-state index in [0.717, 1.165) is 128 Å². The molecule has 382 valence electrons. The number of carbonyl (C=O) groups is 4. The van der Waals surface area contributed by atoms with Crippen LogP contribution >= 0.6 is 0 Å². The molecule has 1 saturated heterocycles. The SMILES string of the molecule is CC/C=C\C/C=C\C/C=C\CCCCCC(=O)OCC(COC1OC(C(=O)O)C(O)C(O)C1OC(=O)CCCCCCC/C=C\CCCC)OC(=O)CCCCCCC/C=C\C/C=C\CCC. The minimum absolute atomic E-state index is 0.0429. The van der Waals surface area contributed by atoms with Crippen molar-refractivity contribution in [1.82, 2.24) is 0 Å². The predicted octanol–water partition coefficient (Wildman–Crippen LogP) is 12.2. The number of aliphatic hydroxyl groups excluding tert-OH is 2. The van der Waals surface area contributed by atoms with Crippen molar-refractivity contribution in [2.24, 2.45) is 0 Å². The highest BCUT2D eigenvalue weighted by atomic mass is 16.7. The van der Waals surface area contributed by atoms with E-state index in [0.29, 0.717) is 19.3 Å². The Balaban J connectivity index is 2.78. The van der Waals surface area contributed by atoms with E-state index in [1.54, 1.807) is 0 Å². The minimum Gasteiger partial charge on any atom is -0.479 e. The smallest absolute Gasteiger partial charge is 0.335 e. The zero-order chi connectivity index (χ0) is 49.0. The molecule has 0 aromatic carbocycles. The maximum Gasteiger partial charge on any atom is 0.335 e. The van der Waals surface area contributed by atoms with Crippen molar-refractivity contribution in [3.8, 4) is 0 Å². The highest BCUT2D eigenvalue weighted by Gasteiger charge is 2.50. The van der Waals surface area contributed by atoms with Crippen molar-refractivity contribution in [3.05, 3.63) is 72.9 Å². The van der Waals surface area contributed by atoms with Crippen LogP contribution in [0.4, 0.5) is 0 Å². The second-order valence-corrected chi connectivity index (χ2v) is 17.4. The van der Waals surface area contributed by atoms with Crippen LogP contribution in [0.1, 0.15) is 201 Å². The van der Waals surface area contributed by atoms with Crippen LogP contribution in [0.15, 0.2) is 72.9 Å². The number of allylic oxidation sites excluding steroid dienone is 12. The lowest BCUT2D eigenvalue weighted by molar-refractivity contribution is -0.301. The lowest BCUT2D eigenvalue weighted by Gasteiger charge is -2.40. The van der Waals surface area contributed by atoms with Crippen molar-refractivity contribution in [1.29, 1.82) is 0 Å². The Hall–Kier alpha value is -3.84. The molecule has 1 aliphatic heterocycles. The van der Waals surface area contributed by atoms with Gasteiger partial charge in [0, 0.05) is 19.3 Å². The van der Waals surface area contributed by atoms with Crippen molar-refractivity contribution in [2.45, 2.75) is 237 Å². The molecule has 1 fully saturated rings. The summed E-state index contributed by atoms with van der Waals surface area (Å²) in [6.07, 6.45) is 40.4. The fraction of sp³-hybridized carbons (Fsp3) is 0.709. The van der Waals surface area contributed by atoms with Gasteiger partial charge in [0.05, 0.1) is 6.61 Å². The van der Waals surface area contributed by atoms with E-state index in [1.807, 2.05) is 0 Å². The summed E-state index contributed by atoms with van der Waals surface area (Å²) in [5, 5.41) is 31.3. The molecule has 0 amide bonds. The number of ether oxygens (including phenoxy) is 5. The molecule has 0 aromatic rings. The molecular weight excluding hydrogens is 853 g/mol. The maximum atomic E-state index is 13.1. The van der Waals surface area contributed by atoms with Crippen LogP contribution in [0.2, 0.25) is 0 Å². The third-order valence-corrected chi connectivity index (χ3v) is 11.2. The number of rotatable bonds is 42. The lowest BCUT2D eigenvalue weighted by Crippen LogP contribution is -2.61. The van der Waals surface area contributed by atoms with Gasteiger partial charge in [-0.2, -0.15) is 0 Å². The summed E-state index contributed by atoms with van der Waals surface area (Å²) in [6.45, 7) is 5.69. The van der Waals surface area contributed by atoms with Crippen LogP contribution in [-0.2, 0) is 42.9 Å². The fourth-order valence-corrected chi connectivity index (χ4v) is 7.22. The van der Waals surface area contributed by atoms with Gasteiger partial charge in [-0.25, -0.2) is 4.79 Å². The first-order valence-electron chi connectivity index (χ1n) is 25.9. The van der Waals surface area contributed by atoms with Gasteiger partial charge >= 0.3 is 23.9 Å². The van der Waals surface area contributed by atoms with Gasteiger partial charge in [-0.1, -0.05) is 158 Å². The minimum atomic E-state index is -1.91. The molecule has 0 spiro atoms. The largest absolute Gasteiger partial charge is 0.479 e. The zero-order valence-corrected chi connectivity index (χ0v) is 41.6. The number of hydrogen-bond acceptors (Lipinski definition) is 11. The van der Waals surface area contributed by atoms with Gasteiger partial charge in [-0.15, -0.1) is 0 Å². The molecule has 12 nitrogen and oxygen atoms in total. The predicted molar refractivity (Wildman–Crippen MR) is 266 cm³/mol. The Morgan fingerprint density at radius 1 is 0.507 bits per heavy atom. The third kappa shape index (κ3) is 34.2. The average Bonchev–Trinajstić information content (AvgIpc) is 3.31. The number of unbranched alkanes of at least 4 members (excludes halogenated alkanes) is 16. The quantitative estimate of drug-likeness (QED) is 0.0229. The first-order chi connectivity index (χ1) is 32.6. The van der Waals surface area contributed by atoms with Crippen molar-refractivity contribution < 1.29 is 58.2 Å². The molecule has 6 unspecified atom stereocenters. The van der Waals surface area contributed by atoms with Gasteiger partial charge in [0.2, 0.25) is 0 Å². The number of esters is 3.